The van der Waals surface area contributed by atoms with Gasteiger partial charge < -0.3 is 13.8 Å². The van der Waals surface area contributed by atoms with Crippen molar-refractivity contribution in [2.24, 2.45) is 0 Å². The Morgan fingerprint density at radius 2 is 1.54 bits per heavy atom. The molecule has 0 radical (unpaired) electrons. The first-order valence-electron chi connectivity index (χ1n) is 7.26. The molecule has 0 aliphatic carbocycles. The van der Waals surface area contributed by atoms with E-state index in [9.17, 15) is 10.1 Å². The van der Waals surface area contributed by atoms with Gasteiger partial charge in [0.25, 0.3) is 0 Å². The second-order valence-electron chi connectivity index (χ2n) is 4.74. The SMILES string of the molecule is COC(=O)/C(C#N)=C(/S)NP(=S)(Oc1ccccc1)Oc1ccccc1. The summed E-state index contributed by atoms with van der Waals surface area (Å²) in [6.45, 7) is -3.25. The van der Waals surface area contributed by atoms with Crippen molar-refractivity contribution in [3.63, 3.8) is 0 Å². The Kier molecular flexibility index (Phi) is 7.10. The number of esters is 1. The summed E-state index contributed by atoms with van der Waals surface area (Å²) in [5.41, 5.74) is -0.335. The normalized spacial score (nSPS) is 11.6. The number of nitrogens with zero attached hydrogens (tertiary/aromatic N) is 1. The zero-order chi connectivity index (χ0) is 19.0. The van der Waals surface area contributed by atoms with Crippen molar-refractivity contribution in [3.8, 4) is 17.6 Å². The largest absolute Gasteiger partial charge is 0.465 e. The van der Waals surface area contributed by atoms with Crippen LogP contribution in [0.3, 0.4) is 0 Å². The Hall–Kier alpha value is -2.46. The smallest absolute Gasteiger partial charge is 0.393 e. The van der Waals surface area contributed by atoms with Crippen LogP contribution >= 0.6 is 19.3 Å². The molecule has 26 heavy (non-hydrogen) atoms. The minimum atomic E-state index is -3.25. The minimum absolute atomic E-state index is 0.0884. The molecule has 0 unspecified atom stereocenters. The molecule has 0 amide bonds. The third-order valence-electron chi connectivity index (χ3n) is 2.92. The quantitative estimate of drug-likeness (QED) is 0.238. The first-order valence-corrected chi connectivity index (χ1v) is 10.3. The van der Waals surface area contributed by atoms with Crippen molar-refractivity contribution in [1.82, 2.24) is 5.09 Å². The van der Waals surface area contributed by atoms with Crippen LogP contribution in [0.4, 0.5) is 0 Å². The lowest BCUT2D eigenvalue weighted by atomic mass is 10.3. The Labute approximate surface area is 162 Å². The van der Waals surface area contributed by atoms with Gasteiger partial charge in [-0.05, 0) is 24.3 Å². The van der Waals surface area contributed by atoms with Crippen molar-refractivity contribution < 1.29 is 18.6 Å². The maximum atomic E-state index is 11.7. The standard InChI is InChI=1S/C17H15N2O4PS2/c1-21-17(20)15(12-18)16(25)19-24(26,22-13-8-4-2-5-9-13)23-14-10-6-3-7-11-14/h2-11,25H,1H3,(H,19,26)/b16-15+. The van der Waals surface area contributed by atoms with Crippen LogP contribution in [0, 0.1) is 11.3 Å². The first kappa shape index (κ1) is 19.9. The van der Waals surface area contributed by atoms with Crippen LogP contribution in [0.15, 0.2) is 71.3 Å². The van der Waals surface area contributed by atoms with E-state index < -0.39 is 12.6 Å². The van der Waals surface area contributed by atoms with Gasteiger partial charge in [-0.2, -0.15) is 5.26 Å². The molecule has 0 aliphatic rings. The van der Waals surface area contributed by atoms with Gasteiger partial charge in [0.1, 0.15) is 17.6 Å². The van der Waals surface area contributed by atoms with Crippen LogP contribution in [0.25, 0.3) is 0 Å². The molecule has 0 bridgehead atoms. The molecule has 1 N–H and O–H groups in total. The minimum Gasteiger partial charge on any atom is -0.465 e. The number of carbonyl (C=O) groups excluding carboxylic acids is 1. The van der Waals surface area contributed by atoms with Gasteiger partial charge in [0.2, 0.25) is 0 Å². The lowest BCUT2D eigenvalue weighted by molar-refractivity contribution is -0.135. The number of ether oxygens (including phenoxy) is 1. The average molecular weight is 406 g/mol. The van der Waals surface area contributed by atoms with Gasteiger partial charge in [-0.1, -0.05) is 36.4 Å². The van der Waals surface area contributed by atoms with Gasteiger partial charge in [-0.25, -0.2) is 4.79 Å². The summed E-state index contributed by atoms with van der Waals surface area (Å²) in [6, 6.07) is 19.4. The molecule has 2 aromatic rings. The van der Waals surface area contributed by atoms with E-state index in [1.165, 1.54) is 0 Å². The predicted molar refractivity (Wildman–Crippen MR) is 105 cm³/mol. The van der Waals surface area contributed by atoms with Crippen molar-refractivity contribution in [2.45, 2.75) is 0 Å². The number of para-hydroxylation sites is 2. The number of benzene rings is 2. The molecule has 0 heterocycles. The van der Waals surface area contributed by atoms with Crippen LogP contribution < -0.4 is 14.1 Å². The van der Waals surface area contributed by atoms with E-state index in [4.69, 9.17) is 20.9 Å². The molecule has 0 spiro atoms. The van der Waals surface area contributed by atoms with Gasteiger partial charge in [-0.15, -0.1) is 12.6 Å². The molecule has 2 aromatic carbocycles. The molecule has 0 aliphatic heterocycles. The number of nitriles is 1. The van der Waals surface area contributed by atoms with Crippen LogP contribution in [-0.2, 0) is 21.3 Å². The van der Waals surface area contributed by atoms with Crippen LogP contribution in [0.5, 0.6) is 11.5 Å². The van der Waals surface area contributed by atoms with Gasteiger partial charge in [0, 0.05) is 11.8 Å². The number of methoxy groups -OCH3 is 1. The highest BCUT2D eigenvalue weighted by Gasteiger charge is 2.26. The highest BCUT2D eigenvalue weighted by atomic mass is 32.5. The molecule has 0 fully saturated rings. The second-order valence-corrected chi connectivity index (χ2v) is 8.22. The molecule has 2 rings (SSSR count). The van der Waals surface area contributed by atoms with E-state index in [2.05, 4.69) is 22.5 Å². The number of hydrogen-bond acceptors (Lipinski definition) is 7. The number of thiol groups is 1. The molecular formula is C17H15N2O4PS2. The third-order valence-corrected chi connectivity index (χ3v) is 5.55. The monoisotopic (exact) mass is 406 g/mol. The zero-order valence-corrected chi connectivity index (χ0v) is 16.3. The van der Waals surface area contributed by atoms with Crippen LogP contribution in [0.2, 0.25) is 0 Å². The van der Waals surface area contributed by atoms with Crippen LogP contribution in [0.1, 0.15) is 0 Å². The Balaban J connectivity index is 2.37. The average Bonchev–Trinajstić information content (AvgIpc) is 2.63. The maximum Gasteiger partial charge on any atom is 0.393 e. The van der Waals surface area contributed by atoms with Crippen molar-refractivity contribution in [3.05, 3.63) is 71.3 Å². The number of rotatable bonds is 7. The summed E-state index contributed by atoms with van der Waals surface area (Å²) in [5, 5.41) is 11.8. The third kappa shape index (κ3) is 5.53. The predicted octanol–water partition coefficient (Wildman–Crippen LogP) is 3.80. The zero-order valence-electron chi connectivity index (χ0n) is 13.7. The lowest BCUT2D eigenvalue weighted by Gasteiger charge is -2.25. The fourth-order valence-corrected chi connectivity index (χ4v) is 4.62. The van der Waals surface area contributed by atoms with E-state index in [0.717, 1.165) is 7.11 Å². The Morgan fingerprint density at radius 1 is 1.08 bits per heavy atom. The van der Waals surface area contributed by atoms with E-state index in [1.807, 2.05) is 12.1 Å². The van der Waals surface area contributed by atoms with Crippen molar-refractivity contribution >= 4 is 37.0 Å². The second kappa shape index (κ2) is 9.30. The number of carbonyl (C=O) groups is 1. The highest BCUT2D eigenvalue weighted by molar-refractivity contribution is 8.09. The molecule has 0 aromatic heterocycles. The van der Waals surface area contributed by atoms with Gasteiger partial charge >= 0.3 is 12.6 Å². The summed E-state index contributed by atoms with van der Waals surface area (Å²) in [6.07, 6.45) is 0. The van der Waals surface area contributed by atoms with E-state index in [-0.39, 0.29) is 10.6 Å². The van der Waals surface area contributed by atoms with Crippen molar-refractivity contribution in [1.29, 1.82) is 5.26 Å². The Bertz CT molecular complexity index is 837. The van der Waals surface area contributed by atoms with Gasteiger partial charge in [0.15, 0.2) is 5.57 Å². The molecule has 6 nitrogen and oxygen atoms in total. The fourth-order valence-electron chi connectivity index (χ4n) is 1.79. The molecule has 9 heteroatoms. The summed E-state index contributed by atoms with van der Waals surface area (Å²) in [4.78, 5) is 11.7. The van der Waals surface area contributed by atoms with E-state index in [1.54, 1.807) is 54.6 Å². The molecule has 0 atom stereocenters. The molecule has 0 saturated heterocycles. The topological polar surface area (TPSA) is 80.6 Å². The molecular weight excluding hydrogens is 391 g/mol. The van der Waals surface area contributed by atoms with E-state index >= 15 is 0 Å². The summed E-state index contributed by atoms with van der Waals surface area (Å²) in [7, 11) is 1.16. The van der Waals surface area contributed by atoms with E-state index in [0.29, 0.717) is 11.5 Å². The highest BCUT2D eigenvalue weighted by Crippen LogP contribution is 2.46. The molecule has 134 valence electrons. The van der Waals surface area contributed by atoms with Gasteiger partial charge in [-0.3, -0.25) is 5.09 Å². The Morgan fingerprint density at radius 3 is 1.92 bits per heavy atom. The summed E-state index contributed by atoms with van der Waals surface area (Å²) >= 11 is 9.71. The number of nitrogens with one attached hydrogen (secondary N) is 1. The fraction of sp³-hybridized carbons (Fsp3) is 0.0588. The molecule has 0 saturated carbocycles. The number of hydrogen-bond donors (Lipinski definition) is 2. The van der Waals surface area contributed by atoms with Crippen LogP contribution in [-0.4, -0.2) is 13.1 Å². The van der Waals surface area contributed by atoms with Crippen molar-refractivity contribution in [2.75, 3.05) is 7.11 Å². The lowest BCUT2D eigenvalue weighted by Crippen LogP contribution is -2.19. The maximum absolute atomic E-state index is 11.7. The first-order chi connectivity index (χ1) is 12.5. The summed E-state index contributed by atoms with van der Waals surface area (Å²) < 4.78 is 16.2. The summed E-state index contributed by atoms with van der Waals surface area (Å²) in [5.74, 6) is 0.0971. The van der Waals surface area contributed by atoms with Gasteiger partial charge in [0.05, 0.1) is 12.1 Å².